The first kappa shape index (κ1) is 19.9. The van der Waals surface area contributed by atoms with Crippen molar-refractivity contribution >= 4 is 21.1 Å². The normalized spacial score (nSPS) is 18.4. The van der Waals surface area contributed by atoms with Crippen LogP contribution < -0.4 is 4.74 Å². The average molecular weight is 414 g/mol. The number of imidazole rings is 1. The predicted molar refractivity (Wildman–Crippen MR) is 114 cm³/mol. The van der Waals surface area contributed by atoms with Gasteiger partial charge in [-0.1, -0.05) is 24.3 Å². The minimum atomic E-state index is -3.64. The Morgan fingerprint density at radius 1 is 1.10 bits per heavy atom. The zero-order valence-electron chi connectivity index (χ0n) is 17.1. The molecule has 1 aliphatic rings. The number of methoxy groups -OCH3 is 1. The smallest absolute Gasteiger partial charge is 0.246 e. The van der Waals surface area contributed by atoms with Gasteiger partial charge >= 0.3 is 0 Å². The molecule has 29 heavy (non-hydrogen) atoms. The molecule has 7 heteroatoms. The molecule has 0 unspecified atom stereocenters. The van der Waals surface area contributed by atoms with Crippen LogP contribution in [0.5, 0.6) is 5.75 Å². The molecule has 0 amide bonds. The van der Waals surface area contributed by atoms with Gasteiger partial charge in [0.25, 0.3) is 0 Å². The standard InChI is InChI=1S/C22H27N3O3S/c1-16(2)25-19-11-5-4-10-18(19)23-22(25)17-9-8-14-24(15-17)29(26,27)21-13-7-6-12-20(21)28-3/h4-7,10-13,16-17H,8-9,14-15H2,1-3H3/t17-/m1/s1. The van der Waals surface area contributed by atoms with Crippen LogP contribution in [0.1, 0.15) is 44.5 Å². The molecule has 1 aliphatic heterocycles. The molecule has 2 heterocycles. The van der Waals surface area contributed by atoms with E-state index in [1.165, 1.54) is 7.11 Å². The topological polar surface area (TPSA) is 64.4 Å². The molecule has 0 bridgehead atoms. The van der Waals surface area contributed by atoms with Crippen molar-refractivity contribution in [1.82, 2.24) is 13.9 Å². The van der Waals surface area contributed by atoms with Crippen LogP contribution in [0, 0.1) is 0 Å². The van der Waals surface area contributed by atoms with Gasteiger partial charge in [-0.3, -0.25) is 0 Å². The van der Waals surface area contributed by atoms with Crippen LogP contribution in [0.4, 0.5) is 0 Å². The van der Waals surface area contributed by atoms with Crippen LogP contribution in [0.25, 0.3) is 11.0 Å². The van der Waals surface area contributed by atoms with Crippen LogP contribution >= 0.6 is 0 Å². The number of fused-ring (bicyclic) bond motifs is 1. The Kier molecular flexibility index (Phi) is 5.36. The molecular formula is C22H27N3O3S. The zero-order chi connectivity index (χ0) is 20.6. The number of hydrogen-bond acceptors (Lipinski definition) is 4. The van der Waals surface area contributed by atoms with Crippen LogP contribution in [0.15, 0.2) is 53.4 Å². The van der Waals surface area contributed by atoms with Crippen molar-refractivity contribution in [3.63, 3.8) is 0 Å². The van der Waals surface area contributed by atoms with Gasteiger partial charge in [-0.25, -0.2) is 13.4 Å². The fourth-order valence-electron chi connectivity index (χ4n) is 4.24. The molecule has 1 aromatic heterocycles. The van der Waals surface area contributed by atoms with E-state index in [2.05, 4.69) is 24.5 Å². The second kappa shape index (κ2) is 7.80. The van der Waals surface area contributed by atoms with E-state index in [1.54, 1.807) is 28.6 Å². The maximum atomic E-state index is 13.4. The molecule has 0 aliphatic carbocycles. The Morgan fingerprint density at radius 2 is 1.83 bits per heavy atom. The lowest BCUT2D eigenvalue weighted by atomic mass is 9.98. The zero-order valence-corrected chi connectivity index (χ0v) is 17.9. The van der Waals surface area contributed by atoms with E-state index in [0.717, 1.165) is 29.7 Å². The lowest BCUT2D eigenvalue weighted by Gasteiger charge is -2.32. The molecule has 1 atom stereocenters. The highest BCUT2D eigenvalue weighted by molar-refractivity contribution is 7.89. The van der Waals surface area contributed by atoms with Crippen LogP contribution in [0.3, 0.4) is 0 Å². The molecule has 6 nitrogen and oxygen atoms in total. The summed E-state index contributed by atoms with van der Waals surface area (Å²) >= 11 is 0. The third-order valence-corrected chi connectivity index (χ3v) is 7.48. The van der Waals surface area contributed by atoms with E-state index in [4.69, 9.17) is 9.72 Å². The number of hydrogen-bond donors (Lipinski definition) is 0. The molecule has 0 radical (unpaired) electrons. The Balaban J connectivity index is 1.71. The summed E-state index contributed by atoms with van der Waals surface area (Å²) in [5.74, 6) is 1.41. The highest BCUT2D eigenvalue weighted by atomic mass is 32.2. The van der Waals surface area contributed by atoms with E-state index >= 15 is 0 Å². The third-order valence-electron chi connectivity index (χ3n) is 5.58. The number of benzene rings is 2. The van der Waals surface area contributed by atoms with Gasteiger partial charge < -0.3 is 9.30 Å². The van der Waals surface area contributed by atoms with E-state index < -0.39 is 10.0 Å². The first-order chi connectivity index (χ1) is 13.9. The Hall–Kier alpha value is -2.38. The summed E-state index contributed by atoms with van der Waals surface area (Å²) in [5, 5.41) is 0. The highest BCUT2D eigenvalue weighted by Gasteiger charge is 2.34. The number of para-hydroxylation sites is 3. The van der Waals surface area contributed by atoms with Gasteiger partial charge in [0.15, 0.2) is 0 Å². The number of ether oxygens (including phenoxy) is 1. The summed E-state index contributed by atoms with van der Waals surface area (Å²) in [5.41, 5.74) is 2.06. The van der Waals surface area contributed by atoms with Gasteiger partial charge in [0.05, 0.1) is 18.1 Å². The molecule has 0 saturated carbocycles. The molecule has 0 spiro atoms. The van der Waals surface area contributed by atoms with Crippen LogP contribution in [-0.4, -0.2) is 42.5 Å². The van der Waals surface area contributed by atoms with E-state index in [9.17, 15) is 8.42 Å². The Morgan fingerprint density at radius 3 is 2.59 bits per heavy atom. The number of rotatable bonds is 5. The van der Waals surface area contributed by atoms with Crippen molar-refractivity contribution in [2.75, 3.05) is 20.2 Å². The summed E-state index contributed by atoms with van der Waals surface area (Å²) in [6.45, 7) is 5.22. The summed E-state index contributed by atoms with van der Waals surface area (Å²) in [6.07, 6.45) is 1.73. The second-order valence-electron chi connectivity index (χ2n) is 7.78. The van der Waals surface area contributed by atoms with Crippen LogP contribution in [-0.2, 0) is 10.0 Å². The summed E-state index contributed by atoms with van der Waals surface area (Å²) in [7, 11) is -2.14. The maximum absolute atomic E-state index is 13.4. The Bertz CT molecular complexity index is 1120. The third kappa shape index (κ3) is 3.53. The van der Waals surface area contributed by atoms with Gasteiger partial charge in [0.2, 0.25) is 10.0 Å². The first-order valence-electron chi connectivity index (χ1n) is 10.0. The quantitative estimate of drug-likeness (QED) is 0.629. The molecule has 1 saturated heterocycles. The van der Waals surface area contributed by atoms with Crippen molar-refractivity contribution in [2.45, 2.75) is 43.5 Å². The molecule has 3 aromatic rings. The molecule has 154 valence electrons. The SMILES string of the molecule is COc1ccccc1S(=O)(=O)N1CCC[C@@H](c2nc3ccccc3n2C(C)C)C1. The lowest BCUT2D eigenvalue weighted by Crippen LogP contribution is -2.40. The van der Waals surface area contributed by atoms with Gasteiger partial charge in [-0.15, -0.1) is 0 Å². The molecular weight excluding hydrogens is 386 g/mol. The fraction of sp³-hybridized carbons (Fsp3) is 0.409. The van der Waals surface area contributed by atoms with Gasteiger partial charge in [-0.2, -0.15) is 4.31 Å². The number of piperidine rings is 1. The van der Waals surface area contributed by atoms with E-state index in [1.807, 2.05) is 18.2 Å². The van der Waals surface area contributed by atoms with Gasteiger partial charge in [-0.05, 0) is 51.0 Å². The minimum Gasteiger partial charge on any atom is -0.495 e. The van der Waals surface area contributed by atoms with Crippen molar-refractivity contribution in [3.05, 3.63) is 54.4 Å². The molecule has 2 aromatic carbocycles. The number of nitrogens with zero attached hydrogens (tertiary/aromatic N) is 3. The fourth-order valence-corrected chi connectivity index (χ4v) is 5.92. The van der Waals surface area contributed by atoms with Crippen molar-refractivity contribution < 1.29 is 13.2 Å². The van der Waals surface area contributed by atoms with Gasteiger partial charge in [0.1, 0.15) is 16.5 Å². The molecule has 4 rings (SSSR count). The van der Waals surface area contributed by atoms with E-state index in [-0.39, 0.29) is 16.9 Å². The van der Waals surface area contributed by atoms with E-state index in [0.29, 0.717) is 18.8 Å². The summed E-state index contributed by atoms with van der Waals surface area (Å²) in [6, 6.07) is 15.2. The highest BCUT2D eigenvalue weighted by Crippen LogP contribution is 2.35. The Labute approximate surface area is 172 Å². The number of sulfonamides is 1. The minimum absolute atomic E-state index is 0.0584. The average Bonchev–Trinajstić information content (AvgIpc) is 3.13. The van der Waals surface area contributed by atoms with Crippen LogP contribution in [0.2, 0.25) is 0 Å². The second-order valence-corrected chi connectivity index (χ2v) is 9.68. The number of aromatic nitrogens is 2. The lowest BCUT2D eigenvalue weighted by molar-refractivity contribution is 0.302. The summed E-state index contributed by atoms with van der Waals surface area (Å²) < 4.78 is 35.8. The van der Waals surface area contributed by atoms with Gasteiger partial charge in [0, 0.05) is 25.0 Å². The largest absolute Gasteiger partial charge is 0.495 e. The van der Waals surface area contributed by atoms with Crippen molar-refractivity contribution in [1.29, 1.82) is 0 Å². The summed E-state index contributed by atoms with van der Waals surface area (Å²) in [4.78, 5) is 5.12. The van der Waals surface area contributed by atoms with Crippen molar-refractivity contribution in [2.24, 2.45) is 0 Å². The molecule has 1 fully saturated rings. The monoisotopic (exact) mass is 413 g/mol. The maximum Gasteiger partial charge on any atom is 0.246 e. The first-order valence-corrected chi connectivity index (χ1v) is 11.5. The molecule has 0 N–H and O–H groups in total. The predicted octanol–water partition coefficient (Wildman–Crippen LogP) is 4.19. The van der Waals surface area contributed by atoms with Crippen molar-refractivity contribution in [3.8, 4) is 5.75 Å².